The van der Waals surface area contributed by atoms with E-state index in [2.05, 4.69) is 0 Å². The summed E-state index contributed by atoms with van der Waals surface area (Å²) in [4.78, 5) is 11.7. The predicted molar refractivity (Wildman–Crippen MR) is 80.9 cm³/mol. The van der Waals surface area contributed by atoms with Crippen LogP contribution in [0.1, 0.15) is 12.7 Å². The number of nitrogens with two attached hydrogens (primary N) is 1. The van der Waals surface area contributed by atoms with Gasteiger partial charge in [-0.25, -0.2) is 9.18 Å². The highest BCUT2D eigenvalue weighted by Crippen LogP contribution is 2.29. The summed E-state index contributed by atoms with van der Waals surface area (Å²) in [6, 6.07) is 8.12. The maximum atomic E-state index is 12.8. The molecule has 2 amide bonds. The minimum atomic E-state index is -0.927. The van der Waals surface area contributed by atoms with E-state index in [4.69, 9.17) is 10.2 Å². The van der Waals surface area contributed by atoms with Crippen molar-refractivity contribution in [2.45, 2.75) is 23.0 Å². The first-order chi connectivity index (χ1) is 10.5. The van der Waals surface area contributed by atoms with Gasteiger partial charge in [-0.2, -0.15) is 5.06 Å². The Morgan fingerprint density at radius 3 is 2.68 bits per heavy atom. The van der Waals surface area contributed by atoms with Gasteiger partial charge in [0.25, 0.3) is 0 Å². The standard InChI is InChI=1S/C15H15FN2O3S/c1-10(18(20)15(17)19)2-5-12-6-9-14(21-12)22-13-7-3-11(16)4-8-13/h2-10,20H,1H3,(H2,17,19)/b5-2+. The van der Waals surface area contributed by atoms with Crippen LogP contribution in [-0.4, -0.2) is 22.3 Å². The highest BCUT2D eigenvalue weighted by molar-refractivity contribution is 7.99. The number of carbonyl (C=O) groups excluding carboxylic acids is 1. The van der Waals surface area contributed by atoms with Gasteiger partial charge in [0, 0.05) is 4.90 Å². The Kier molecular flexibility index (Phi) is 5.24. The first-order valence-corrected chi connectivity index (χ1v) is 7.26. The molecule has 2 aromatic rings. The number of primary amides is 1. The smallest absolute Gasteiger partial charge is 0.339 e. The van der Waals surface area contributed by atoms with Gasteiger partial charge in [-0.05, 0) is 49.4 Å². The van der Waals surface area contributed by atoms with Gasteiger partial charge in [-0.1, -0.05) is 17.8 Å². The van der Waals surface area contributed by atoms with Crippen molar-refractivity contribution in [2.75, 3.05) is 0 Å². The maximum Gasteiger partial charge on any atom is 0.339 e. The molecule has 1 aromatic heterocycles. The van der Waals surface area contributed by atoms with Crippen molar-refractivity contribution < 1.29 is 18.8 Å². The summed E-state index contributed by atoms with van der Waals surface area (Å²) in [5.41, 5.74) is 4.96. The minimum Gasteiger partial charge on any atom is -0.450 e. The number of carbonyl (C=O) groups is 1. The molecular weight excluding hydrogens is 307 g/mol. The molecule has 0 saturated carbocycles. The van der Waals surface area contributed by atoms with E-state index < -0.39 is 12.1 Å². The highest BCUT2D eigenvalue weighted by Gasteiger charge is 2.11. The van der Waals surface area contributed by atoms with Crippen LogP contribution in [-0.2, 0) is 0 Å². The molecule has 5 nitrogen and oxygen atoms in total. The first kappa shape index (κ1) is 16.1. The fourth-order valence-corrected chi connectivity index (χ4v) is 2.39. The minimum absolute atomic E-state index is 0.288. The molecule has 0 aliphatic heterocycles. The molecule has 0 saturated heterocycles. The third-order valence-corrected chi connectivity index (χ3v) is 3.71. The third-order valence-electron chi connectivity index (χ3n) is 2.78. The van der Waals surface area contributed by atoms with Crippen molar-refractivity contribution in [3.63, 3.8) is 0 Å². The Morgan fingerprint density at radius 1 is 1.36 bits per heavy atom. The van der Waals surface area contributed by atoms with Crippen LogP contribution in [0.15, 0.2) is 56.9 Å². The highest BCUT2D eigenvalue weighted by atomic mass is 32.2. The molecule has 116 valence electrons. The Balaban J connectivity index is 1.99. The zero-order chi connectivity index (χ0) is 16.1. The van der Waals surface area contributed by atoms with Crippen LogP contribution in [0.5, 0.6) is 0 Å². The molecule has 0 radical (unpaired) electrons. The second kappa shape index (κ2) is 7.15. The Labute approximate surface area is 131 Å². The number of rotatable bonds is 5. The fraction of sp³-hybridized carbons (Fsp3) is 0.133. The lowest BCUT2D eigenvalue weighted by molar-refractivity contribution is -0.0560. The zero-order valence-corrected chi connectivity index (χ0v) is 12.6. The molecule has 2 rings (SSSR count). The van der Waals surface area contributed by atoms with E-state index in [-0.39, 0.29) is 5.82 Å². The summed E-state index contributed by atoms with van der Waals surface area (Å²) >= 11 is 1.36. The van der Waals surface area contributed by atoms with Gasteiger partial charge in [-0.3, -0.25) is 5.21 Å². The lowest BCUT2D eigenvalue weighted by Crippen LogP contribution is -2.38. The molecule has 7 heteroatoms. The molecule has 1 aromatic carbocycles. The van der Waals surface area contributed by atoms with E-state index in [0.29, 0.717) is 15.9 Å². The number of hydrogen-bond acceptors (Lipinski definition) is 4. The summed E-state index contributed by atoms with van der Waals surface area (Å²) in [5.74, 6) is 0.277. The van der Waals surface area contributed by atoms with Gasteiger partial charge in [-0.15, -0.1) is 0 Å². The summed E-state index contributed by atoms with van der Waals surface area (Å²) in [7, 11) is 0. The van der Waals surface area contributed by atoms with Crippen LogP contribution in [0.2, 0.25) is 0 Å². The van der Waals surface area contributed by atoms with Crippen LogP contribution in [0.3, 0.4) is 0 Å². The molecule has 1 unspecified atom stereocenters. The molecule has 0 bridgehead atoms. The molecule has 3 N–H and O–H groups in total. The Hall–Kier alpha value is -2.25. The summed E-state index contributed by atoms with van der Waals surface area (Å²) < 4.78 is 18.4. The van der Waals surface area contributed by atoms with Crippen molar-refractivity contribution in [2.24, 2.45) is 5.73 Å². The summed E-state index contributed by atoms with van der Waals surface area (Å²) in [6.07, 6.45) is 3.21. The molecular formula is C15H15FN2O3S. The van der Waals surface area contributed by atoms with Crippen LogP contribution < -0.4 is 5.73 Å². The third kappa shape index (κ3) is 4.37. The van der Waals surface area contributed by atoms with Crippen molar-refractivity contribution in [3.8, 4) is 0 Å². The molecule has 0 spiro atoms. The monoisotopic (exact) mass is 322 g/mol. The number of furan rings is 1. The largest absolute Gasteiger partial charge is 0.450 e. The first-order valence-electron chi connectivity index (χ1n) is 6.44. The normalized spacial score (nSPS) is 12.5. The number of halogens is 1. The number of nitrogens with zero attached hydrogens (tertiary/aromatic N) is 1. The van der Waals surface area contributed by atoms with Gasteiger partial charge in [0.1, 0.15) is 11.6 Å². The molecule has 0 aliphatic rings. The second-order valence-corrected chi connectivity index (χ2v) is 5.57. The molecule has 22 heavy (non-hydrogen) atoms. The summed E-state index contributed by atoms with van der Waals surface area (Å²) in [5, 5.41) is 10.4. The number of hydrogen-bond donors (Lipinski definition) is 2. The second-order valence-electron chi connectivity index (χ2n) is 4.50. The number of hydroxylamine groups is 2. The number of urea groups is 1. The lowest BCUT2D eigenvalue weighted by Gasteiger charge is -2.16. The topological polar surface area (TPSA) is 79.7 Å². The van der Waals surface area contributed by atoms with Crippen molar-refractivity contribution in [1.29, 1.82) is 0 Å². The zero-order valence-electron chi connectivity index (χ0n) is 11.8. The van der Waals surface area contributed by atoms with Crippen molar-refractivity contribution in [1.82, 2.24) is 5.06 Å². The molecule has 0 fully saturated rings. The van der Waals surface area contributed by atoms with E-state index >= 15 is 0 Å². The SMILES string of the molecule is CC(/C=C/c1ccc(Sc2ccc(F)cc2)o1)N(O)C(N)=O. The van der Waals surface area contributed by atoms with Gasteiger partial charge >= 0.3 is 6.03 Å². The molecule has 1 atom stereocenters. The van der Waals surface area contributed by atoms with E-state index in [9.17, 15) is 14.4 Å². The quantitative estimate of drug-likeness (QED) is 0.649. The van der Waals surface area contributed by atoms with Gasteiger partial charge < -0.3 is 10.2 Å². The van der Waals surface area contributed by atoms with Gasteiger partial charge in [0.05, 0.1) is 6.04 Å². The van der Waals surface area contributed by atoms with Crippen LogP contribution in [0.25, 0.3) is 6.08 Å². The Morgan fingerprint density at radius 2 is 2.05 bits per heavy atom. The predicted octanol–water partition coefficient (Wildman–Crippen LogP) is 3.74. The lowest BCUT2D eigenvalue weighted by atomic mass is 10.3. The van der Waals surface area contributed by atoms with Crippen molar-refractivity contribution >= 4 is 23.9 Å². The average molecular weight is 322 g/mol. The molecule has 1 heterocycles. The van der Waals surface area contributed by atoms with Gasteiger partial charge in [0.15, 0.2) is 5.09 Å². The number of amides is 2. The average Bonchev–Trinajstić information content (AvgIpc) is 2.94. The fourth-order valence-electron chi connectivity index (χ4n) is 1.61. The van der Waals surface area contributed by atoms with Gasteiger partial charge in [0.2, 0.25) is 0 Å². The van der Waals surface area contributed by atoms with Crippen LogP contribution >= 0.6 is 11.8 Å². The van der Waals surface area contributed by atoms with Crippen LogP contribution in [0.4, 0.5) is 9.18 Å². The van der Waals surface area contributed by atoms with E-state index in [0.717, 1.165) is 4.90 Å². The van der Waals surface area contributed by atoms with E-state index in [1.165, 1.54) is 23.9 Å². The Bertz CT molecular complexity index is 670. The molecule has 0 aliphatic carbocycles. The number of benzene rings is 1. The summed E-state index contributed by atoms with van der Waals surface area (Å²) in [6.45, 7) is 1.61. The van der Waals surface area contributed by atoms with E-state index in [1.807, 2.05) is 0 Å². The van der Waals surface area contributed by atoms with Crippen molar-refractivity contribution in [3.05, 3.63) is 54.1 Å². The van der Waals surface area contributed by atoms with Crippen LogP contribution in [0, 0.1) is 5.82 Å². The van der Waals surface area contributed by atoms with E-state index in [1.54, 1.807) is 43.3 Å². The maximum absolute atomic E-state index is 12.8.